The van der Waals surface area contributed by atoms with Gasteiger partial charge in [0.1, 0.15) is 11.3 Å². The monoisotopic (exact) mass is 431 g/mol. The van der Waals surface area contributed by atoms with E-state index in [1.54, 1.807) is 13.2 Å². The van der Waals surface area contributed by atoms with Crippen LogP contribution in [0.3, 0.4) is 0 Å². The Balaban J connectivity index is 1.89. The molecule has 1 saturated heterocycles. The quantitative estimate of drug-likeness (QED) is 0.436. The number of aromatic nitrogens is 1. The topological polar surface area (TPSA) is 73.2 Å². The first-order valence-corrected chi connectivity index (χ1v) is 10.4. The number of anilines is 1. The summed E-state index contributed by atoms with van der Waals surface area (Å²) in [5, 5.41) is 0. The fourth-order valence-electron chi connectivity index (χ4n) is 3.60. The number of pyridine rings is 1. The number of aliphatic imine (C=N–C) groups is 1. The summed E-state index contributed by atoms with van der Waals surface area (Å²) in [5.74, 6) is 0.140. The van der Waals surface area contributed by atoms with Crippen LogP contribution < -0.4 is 9.64 Å². The van der Waals surface area contributed by atoms with E-state index in [1.165, 1.54) is 7.11 Å². The molecule has 1 aliphatic rings. The number of carbonyl (C=O) groups excluding carboxylic acids is 1. The molecule has 0 bridgehead atoms. The van der Waals surface area contributed by atoms with Crippen LogP contribution in [-0.2, 0) is 9.47 Å². The lowest BCUT2D eigenvalue weighted by Crippen LogP contribution is -2.36. The maximum atomic E-state index is 12.7. The molecule has 0 spiro atoms. The van der Waals surface area contributed by atoms with Crippen molar-refractivity contribution in [2.75, 3.05) is 45.4 Å². The van der Waals surface area contributed by atoms with Crippen molar-refractivity contribution in [3.63, 3.8) is 0 Å². The predicted molar refractivity (Wildman–Crippen MR) is 123 cm³/mol. The Bertz CT molecular complexity index is 1050. The van der Waals surface area contributed by atoms with E-state index in [0.29, 0.717) is 37.9 Å². The van der Waals surface area contributed by atoms with Crippen molar-refractivity contribution < 1.29 is 19.0 Å². The maximum absolute atomic E-state index is 12.7. The number of esters is 1. The van der Waals surface area contributed by atoms with Crippen LogP contribution in [0.5, 0.6) is 5.88 Å². The summed E-state index contributed by atoms with van der Waals surface area (Å²) in [4.78, 5) is 24.3. The van der Waals surface area contributed by atoms with E-state index in [1.807, 2.05) is 60.7 Å². The molecule has 164 valence electrons. The summed E-state index contributed by atoms with van der Waals surface area (Å²) in [6.07, 6.45) is 0. The molecule has 0 saturated carbocycles. The van der Waals surface area contributed by atoms with Gasteiger partial charge in [-0.25, -0.2) is 9.79 Å². The lowest BCUT2D eigenvalue weighted by atomic mass is 10.0. The normalized spacial score (nSPS) is 13.4. The van der Waals surface area contributed by atoms with Gasteiger partial charge in [0.2, 0.25) is 5.88 Å². The molecule has 1 fully saturated rings. The standard InChI is InChI=1S/C25H25N3O4/c1-30-24-21(28-13-15-32-16-14-28)17-20(25(29)31-2)23(27-24)26-22(18-9-5-3-6-10-18)19-11-7-4-8-12-19/h3-12,17H,13-16H2,1-2H3. The van der Waals surface area contributed by atoms with E-state index < -0.39 is 5.97 Å². The molecule has 2 heterocycles. The van der Waals surface area contributed by atoms with Crippen molar-refractivity contribution >= 4 is 23.2 Å². The van der Waals surface area contributed by atoms with Crippen molar-refractivity contribution in [2.45, 2.75) is 0 Å². The van der Waals surface area contributed by atoms with Crippen LogP contribution in [0, 0.1) is 0 Å². The molecule has 32 heavy (non-hydrogen) atoms. The molecule has 7 nitrogen and oxygen atoms in total. The summed E-state index contributed by atoms with van der Waals surface area (Å²) in [6, 6.07) is 21.3. The number of rotatable bonds is 6. The molecule has 2 aromatic carbocycles. The third kappa shape index (κ3) is 4.63. The van der Waals surface area contributed by atoms with Crippen LogP contribution in [0.1, 0.15) is 21.5 Å². The van der Waals surface area contributed by atoms with Crippen molar-refractivity contribution in [1.82, 2.24) is 4.98 Å². The second-order valence-electron chi connectivity index (χ2n) is 7.17. The first-order valence-electron chi connectivity index (χ1n) is 10.4. The van der Waals surface area contributed by atoms with Gasteiger partial charge in [0.05, 0.1) is 33.1 Å². The van der Waals surface area contributed by atoms with Gasteiger partial charge in [-0.2, -0.15) is 4.98 Å². The van der Waals surface area contributed by atoms with E-state index in [2.05, 4.69) is 9.88 Å². The summed E-state index contributed by atoms with van der Waals surface area (Å²) >= 11 is 0. The van der Waals surface area contributed by atoms with E-state index in [0.717, 1.165) is 16.8 Å². The average molecular weight is 431 g/mol. The fraction of sp³-hybridized carbons (Fsp3) is 0.240. The molecule has 1 aromatic heterocycles. The molecular weight excluding hydrogens is 406 g/mol. The minimum absolute atomic E-state index is 0.244. The van der Waals surface area contributed by atoms with Gasteiger partial charge in [0.15, 0.2) is 5.82 Å². The maximum Gasteiger partial charge on any atom is 0.341 e. The zero-order chi connectivity index (χ0) is 22.3. The van der Waals surface area contributed by atoms with Gasteiger partial charge >= 0.3 is 5.97 Å². The third-order valence-corrected chi connectivity index (χ3v) is 5.21. The fourth-order valence-corrected chi connectivity index (χ4v) is 3.60. The predicted octanol–water partition coefficient (Wildman–Crippen LogP) is 3.88. The Kier molecular flexibility index (Phi) is 6.77. The number of ether oxygens (including phenoxy) is 3. The van der Waals surface area contributed by atoms with Gasteiger partial charge < -0.3 is 19.1 Å². The van der Waals surface area contributed by atoms with Gasteiger partial charge in [-0.05, 0) is 6.07 Å². The van der Waals surface area contributed by atoms with Crippen LogP contribution in [0.2, 0.25) is 0 Å². The SMILES string of the molecule is COC(=O)c1cc(N2CCOCC2)c(OC)nc1N=C(c1ccccc1)c1ccccc1. The Morgan fingerprint density at radius 2 is 1.56 bits per heavy atom. The van der Waals surface area contributed by atoms with Gasteiger partial charge in [-0.3, -0.25) is 0 Å². The van der Waals surface area contributed by atoms with Crippen molar-refractivity contribution in [3.05, 3.63) is 83.4 Å². The Labute approximate surface area is 187 Å². The molecule has 7 heteroatoms. The lowest BCUT2D eigenvalue weighted by Gasteiger charge is -2.29. The molecule has 0 unspecified atom stereocenters. The number of benzene rings is 2. The Morgan fingerprint density at radius 3 is 2.09 bits per heavy atom. The minimum atomic E-state index is -0.506. The van der Waals surface area contributed by atoms with Crippen molar-refractivity contribution in [2.24, 2.45) is 4.99 Å². The Morgan fingerprint density at radius 1 is 0.969 bits per heavy atom. The highest BCUT2D eigenvalue weighted by atomic mass is 16.5. The van der Waals surface area contributed by atoms with Crippen molar-refractivity contribution in [3.8, 4) is 5.88 Å². The summed E-state index contributed by atoms with van der Waals surface area (Å²) in [6.45, 7) is 2.56. The lowest BCUT2D eigenvalue weighted by molar-refractivity contribution is 0.0601. The largest absolute Gasteiger partial charge is 0.479 e. The number of carbonyl (C=O) groups is 1. The van der Waals surface area contributed by atoms with Gasteiger partial charge in [-0.1, -0.05) is 60.7 Å². The van der Waals surface area contributed by atoms with E-state index >= 15 is 0 Å². The van der Waals surface area contributed by atoms with E-state index in [9.17, 15) is 4.79 Å². The molecule has 0 radical (unpaired) electrons. The summed E-state index contributed by atoms with van der Waals surface area (Å²) in [5.41, 5.74) is 3.51. The number of nitrogens with zero attached hydrogens (tertiary/aromatic N) is 3. The average Bonchev–Trinajstić information content (AvgIpc) is 2.88. The first-order chi connectivity index (χ1) is 15.7. The number of morpholine rings is 1. The van der Waals surface area contributed by atoms with Crippen LogP contribution in [0.25, 0.3) is 0 Å². The summed E-state index contributed by atoms with van der Waals surface area (Å²) < 4.78 is 16.1. The van der Waals surface area contributed by atoms with Crippen molar-refractivity contribution in [1.29, 1.82) is 0 Å². The smallest absolute Gasteiger partial charge is 0.341 e. The molecule has 1 aliphatic heterocycles. The van der Waals surface area contributed by atoms with Crippen LogP contribution in [-0.4, -0.2) is 57.2 Å². The highest BCUT2D eigenvalue weighted by Gasteiger charge is 2.24. The third-order valence-electron chi connectivity index (χ3n) is 5.21. The number of methoxy groups -OCH3 is 2. The molecule has 0 N–H and O–H groups in total. The molecule has 0 aliphatic carbocycles. The van der Waals surface area contributed by atoms with Crippen LogP contribution in [0.15, 0.2) is 71.7 Å². The van der Waals surface area contributed by atoms with E-state index in [-0.39, 0.29) is 11.4 Å². The zero-order valence-corrected chi connectivity index (χ0v) is 18.2. The zero-order valence-electron chi connectivity index (χ0n) is 18.2. The minimum Gasteiger partial charge on any atom is -0.479 e. The highest BCUT2D eigenvalue weighted by molar-refractivity contribution is 6.14. The molecule has 0 amide bonds. The molecule has 3 aromatic rings. The molecule has 0 atom stereocenters. The van der Waals surface area contributed by atoms with Crippen LogP contribution in [0.4, 0.5) is 11.5 Å². The van der Waals surface area contributed by atoms with Gasteiger partial charge in [0, 0.05) is 24.2 Å². The molecular formula is C25H25N3O4. The summed E-state index contributed by atoms with van der Waals surface area (Å²) in [7, 11) is 2.91. The highest BCUT2D eigenvalue weighted by Crippen LogP contribution is 2.34. The molecule has 4 rings (SSSR count). The second-order valence-corrected chi connectivity index (χ2v) is 7.17. The van der Waals surface area contributed by atoms with Gasteiger partial charge in [0.25, 0.3) is 0 Å². The van der Waals surface area contributed by atoms with Gasteiger partial charge in [-0.15, -0.1) is 0 Å². The Hall–Kier alpha value is -3.71. The number of hydrogen-bond donors (Lipinski definition) is 0. The van der Waals surface area contributed by atoms with Crippen LogP contribution >= 0.6 is 0 Å². The van der Waals surface area contributed by atoms with E-state index in [4.69, 9.17) is 19.2 Å². The number of hydrogen-bond acceptors (Lipinski definition) is 7. The second kappa shape index (κ2) is 10.1. The first kappa shape index (κ1) is 21.5.